The Bertz CT molecular complexity index is 576. The van der Waals surface area contributed by atoms with E-state index in [1.54, 1.807) is 0 Å². The number of nitrogens with one attached hydrogen (secondary N) is 2. The summed E-state index contributed by atoms with van der Waals surface area (Å²) in [5.74, 6) is 1.54. The maximum absolute atomic E-state index is 6.27. The highest BCUT2D eigenvalue weighted by atomic mass is 79.9. The second kappa shape index (κ2) is 5.65. The first-order valence-electron chi connectivity index (χ1n) is 6.45. The van der Waals surface area contributed by atoms with Crippen LogP contribution in [0.2, 0.25) is 5.02 Å². The van der Waals surface area contributed by atoms with Gasteiger partial charge in [0.25, 0.3) is 0 Å². The van der Waals surface area contributed by atoms with Gasteiger partial charge in [-0.1, -0.05) is 33.6 Å². The third kappa shape index (κ3) is 2.86. The second-order valence-corrected chi connectivity index (χ2v) is 6.17. The highest BCUT2D eigenvalue weighted by Crippen LogP contribution is 2.30. The van der Waals surface area contributed by atoms with E-state index in [2.05, 4.69) is 31.2 Å². The van der Waals surface area contributed by atoms with E-state index >= 15 is 0 Å². The number of aromatic amines is 1. The topological polar surface area (TPSA) is 40.7 Å². The molecule has 0 spiro atoms. The lowest BCUT2D eigenvalue weighted by Crippen LogP contribution is -2.28. The zero-order chi connectivity index (χ0) is 13.2. The van der Waals surface area contributed by atoms with Gasteiger partial charge < -0.3 is 10.3 Å². The molecule has 0 aliphatic carbocycles. The molecule has 100 valence electrons. The van der Waals surface area contributed by atoms with Crippen LogP contribution in [-0.2, 0) is 0 Å². The van der Waals surface area contributed by atoms with E-state index in [0.717, 1.165) is 39.7 Å². The van der Waals surface area contributed by atoms with Crippen molar-refractivity contribution in [1.29, 1.82) is 0 Å². The minimum absolute atomic E-state index is 0.483. The lowest BCUT2D eigenvalue weighted by molar-refractivity contribution is 0.449. The Balaban J connectivity index is 1.87. The van der Waals surface area contributed by atoms with Crippen molar-refractivity contribution in [3.8, 4) is 11.3 Å². The molecule has 1 unspecified atom stereocenters. The summed E-state index contributed by atoms with van der Waals surface area (Å²) in [5.41, 5.74) is 1.98. The van der Waals surface area contributed by atoms with Gasteiger partial charge >= 0.3 is 0 Å². The van der Waals surface area contributed by atoms with Gasteiger partial charge in [0.15, 0.2) is 0 Å². The minimum atomic E-state index is 0.483. The molecule has 1 fully saturated rings. The Labute approximate surface area is 125 Å². The van der Waals surface area contributed by atoms with Crippen LogP contribution in [0.4, 0.5) is 0 Å². The summed E-state index contributed by atoms with van der Waals surface area (Å²) in [6, 6.07) is 5.90. The van der Waals surface area contributed by atoms with Crippen LogP contribution in [0, 0.1) is 0 Å². The maximum atomic E-state index is 6.27. The number of benzene rings is 1. The van der Waals surface area contributed by atoms with E-state index < -0.39 is 0 Å². The monoisotopic (exact) mass is 339 g/mol. The van der Waals surface area contributed by atoms with Crippen LogP contribution in [0.25, 0.3) is 11.3 Å². The molecule has 0 radical (unpaired) electrons. The Morgan fingerprint density at radius 3 is 3.00 bits per heavy atom. The predicted molar refractivity (Wildman–Crippen MR) is 81.6 cm³/mol. The first-order chi connectivity index (χ1) is 9.24. The maximum Gasteiger partial charge on any atom is 0.110 e. The lowest BCUT2D eigenvalue weighted by Gasteiger charge is -2.20. The van der Waals surface area contributed by atoms with Crippen molar-refractivity contribution in [2.24, 2.45) is 0 Å². The van der Waals surface area contributed by atoms with Crippen molar-refractivity contribution in [3.63, 3.8) is 0 Å². The van der Waals surface area contributed by atoms with Crippen molar-refractivity contribution in [3.05, 3.63) is 39.7 Å². The van der Waals surface area contributed by atoms with Crippen LogP contribution >= 0.6 is 27.5 Å². The minimum Gasteiger partial charge on any atom is -0.342 e. The second-order valence-electron chi connectivity index (χ2n) is 4.85. The molecule has 2 N–H and O–H groups in total. The number of H-pyrrole nitrogens is 1. The number of halogens is 2. The average Bonchev–Trinajstić information content (AvgIpc) is 2.89. The zero-order valence-corrected chi connectivity index (χ0v) is 12.8. The van der Waals surface area contributed by atoms with Gasteiger partial charge in [0.05, 0.1) is 16.9 Å². The Hall–Kier alpha value is -0.840. The van der Waals surface area contributed by atoms with Crippen LogP contribution in [-0.4, -0.2) is 23.1 Å². The summed E-state index contributed by atoms with van der Waals surface area (Å²) in [6.07, 6.45) is 4.27. The van der Waals surface area contributed by atoms with Crippen molar-refractivity contribution in [2.45, 2.75) is 18.8 Å². The molecule has 1 aliphatic rings. The van der Waals surface area contributed by atoms with Crippen molar-refractivity contribution in [1.82, 2.24) is 15.3 Å². The Kier molecular flexibility index (Phi) is 3.91. The summed E-state index contributed by atoms with van der Waals surface area (Å²) in [4.78, 5) is 7.92. The molecule has 2 heterocycles. The molecular formula is C14H15BrClN3. The number of rotatable bonds is 2. The number of piperidine rings is 1. The first-order valence-corrected chi connectivity index (χ1v) is 7.62. The molecule has 3 nitrogen and oxygen atoms in total. The van der Waals surface area contributed by atoms with Gasteiger partial charge in [-0.05, 0) is 31.5 Å². The molecule has 3 rings (SSSR count). The SMILES string of the molecule is Clc1cc(Br)ccc1-c1cnc(C2CCCNC2)[nH]1. The number of hydrogen-bond acceptors (Lipinski definition) is 2. The largest absolute Gasteiger partial charge is 0.342 e. The van der Waals surface area contributed by atoms with Gasteiger partial charge in [-0.2, -0.15) is 0 Å². The van der Waals surface area contributed by atoms with Gasteiger partial charge in [0, 0.05) is 22.5 Å². The first kappa shape index (κ1) is 13.2. The van der Waals surface area contributed by atoms with Gasteiger partial charge in [0.1, 0.15) is 5.82 Å². The molecule has 1 atom stereocenters. The summed E-state index contributed by atoms with van der Waals surface area (Å²) in [5, 5.41) is 4.14. The molecule has 19 heavy (non-hydrogen) atoms. The van der Waals surface area contributed by atoms with Crippen LogP contribution in [0.3, 0.4) is 0 Å². The summed E-state index contributed by atoms with van der Waals surface area (Å²) in [7, 11) is 0. The molecule has 0 bridgehead atoms. The Morgan fingerprint density at radius 2 is 2.26 bits per heavy atom. The van der Waals surface area contributed by atoms with E-state index in [9.17, 15) is 0 Å². The number of aromatic nitrogens is 2. The van der Waals surface area contributed by atoms with E-state index in [1.165, 1.54) is 12.8 Å². The molecule has 1 aromatic carbocycles. The Morgan fingerprint density at radius 1 is 1.37 bits per heavy atom. The van der Waals surface area contributed by atoms with E-state index in [0.29, 0.717) is 5.92 Å². The third-order valence-electron chi connectivity index (χ3n) is 3.50. The fourth-order valence-electron chi connectivity index (χ4n) is 2.47. The smallest absolute Gasteiger partial charge is 0.110 e. The molecule has 1 saturated heterocycles. The van der Waals surface area contributed by atoms with Gasteiger partial charge in [-0.3, -0.25) is 0 Å². The number of imidazole rings is 1. The molecule has 1 aromatic heterocycles. The zero-order valence-electron chi connectivity index (χ0n) is 10.4. The molecule has 5 heteroatoms. The molecular weight excluding hydrogens is 326 g/mol. The highest BCUT2D eigenvalue weighted by Gasteiger charge is 2.18. The molecule has 2 aromatic rings. The van der Waals surface area contributed by atoms with Crippen molar-refractivity contribution in [2.75, 3.05) is 13.1 Å². The van der Waals surface area contributed by atoms with Crippen LogP contribution in [0.15, 0.2) is 28.9 Å². The lowest BCUT2D eigenvalue weighted by atomic mass is 9.99. The van der Waals surface area contributed by atoms with E-state index in [-0.39, 0.29) is 0 Å². The fraction of sp³-hybridized carbons (Fsp3) is 0.357. The number of nitrogens with zero attached hydrogens (tertiary/aromatic N) is 1. The summed E-state index contributed by atoms with van der Waals surface area (Å²) >= 11 is 9.69. The summed E-state index contributed by atoms with van der Waals surface area (Å²) < 4.78 is 0.984. The fourth-order valence-corrected chi connectivity index (χ4v) is 3.25. The average molecular weight is 341 g/mol. The number of hydrogen-bond donors (Lipinski definition) is 2. The summed E-state index contributed by atoms with van der Waals surface area (Å²) in [6.45, 7) is 2.11. The standard InChI is InChI=1S/C14H15BrClN3/c15-10-3-4-11(12(16)6-10)13-8-18-14(19-13)9-2-1-5-17-7-9/h3-4,6,8-9,17H,1-2,5,7H2,(H,18,19). The van der Waals surface area contributed by atoms with E-state index in [1.807, 2.05) is 24.4 Å². The van der Waals surface area contributed by atoms with Crippen LogP contribution < -0.4 is 5.32 Å². The van der Waals surface area contributed by atoms with Crippen LogP contribution in [0.5, 0.6) is 0 Å². The molecule has 1 aliphatic heterocycles. The van der Waals surface area contributed by atoms with Crippen LogP contribution in [0.1, 0.15) is 24.6 Å². The highest BCUT2D eigenvalue weighted by molar-refractivity contribution is 9.10. The quantitative estimate of drug-likeness (QED) is 0.869. The molecule has 0 saturated carbocycles. The van der Waals surface area contributed by atoms with Gasteiger partial charge in [-0.25, -0.2) is 4.98 Å². The van der Waals surface area contributed by atoms with Crippen molar-refractivity contribution >= 4 is 27.5 Å². The predicted octanol–water partition coefficient (Wildman–Crippen LogP) is 3.96. The van der Waals surface area contributed by atoms with Gasteiger partial charge in [-0.15, -0.1) is 0 Å². The molecule has 0 amide bonds. The third-order valence-corrected chi connectivity index (χ3v) is 4.31. The van der Waals surface area contributed by atoms with Crippen molar-refractivity contribution < 1.29 is 0 Å². The van der Waals surface area contributed by atoms with Gasteiger partial charge in [0.2, 0.25) is 0 Å². The normalized spacial score (nSPS) is 19.6. The van der Waals surface area contributed by atoms with E-state index in [4.69, 9.17) is 11.6 Å².